The molecule has 2 N–H and O–H groups in total. The van der Waals surface area contributed by atoms with Gasteiger partial charge in [0.2, 0.25) is 11.8 Å². The molecule has 0 aromatic rings. The van der Waals surface area contributed by atoms with Crippen molar-refractivity contribution in [2.45, 2.75) is 77.7 Å². The topological polar surface area (TPSA) is 84.5 Å². The molecule has 0 heterocycles. The minimum atomic E-state index is -0.607. The van der Waals surface area contributed by atoms with Gasteiger partial charge in [0.25, 0.3) is 0 Å². The van der Waals surface area contributed by atoms with E-state index in [4.69, 9.17) is 0 Å². The molecule has 6 heteroatoms. The van der Waals surface area contributed by atoms with Crippen LogP contribution >= 0.6 is 0 Å². The molecule has 0 aliphatic heterocycles. The van der Waals surface area contributed by atoms with Crippen LogP contribution in [0.15, 0.2) is 85.1 Å². The summed E-state index contributed by atoms with van der Waals surface area (Å²) in [6.45, 7) is 6.03. The van der Waals surface area contributed by atoms with Crippen LogP contribution in [-0.2, 0) is 19.1 Å². The molecule has 0 spiro atoms. The van der Waals surface area contributed by atoms with Gasteiger partial charge in [-0.1, -0.05) is 79.8 Å². The summed E-state index contributed by atoms with van der Waals surface area (Å²) in [6.07, 6.45) is 34.8. The van der Waals surface area contributed by atoms with Crippen molar-refractivity contribution < 1.29 is 19.1 Å². The molecule has 2 amide bonds. The zero-order valence-electron chi connectivity index (χ0n) is 23.1. The molecule has 0 aromatic carbocycles. The highest BCUT2D eigenvalue weighted by Gasteiger charge is 2.20. The van der Waals surface area contributed by atoms with Crippen LogP contribution in [0.4, 0.5) is 0 Å². The molecule has 0 rings (SSSR count). The average molecular weight is 511 g/mol. The van der Waals surface area contributed by atoms with Crippen LogP contribution in [0.3, 0.4) is 0 Å². The number of amides is 2. The Hall–Kier alpha value is -3.41. The van der Waals surface area contributed by atoms with E-state index >= 15 is 0 Å². The van der Waals surface area contributed by atoms with Crippen molar-refractivity contribution in [1.82, 2.24) is 10.6 Å². The molecule has 0 radical (unpaired) electrons. The van der Waals surface area contributed by atoms with Gasteiger partial charge in [-0.05, 0) is 58.8 Å². The minimum absolute atomic E-state index is 0.0797. The fourth-order valence-electron chi connectivity index (χ4n) is 2.92. The van der Waals surface area contributed by atoms with Crippen molar-refractivity contribution in [2.24, 2.45) is 0 Å². The third-order valence-corrected chi connectivity index (χ3v) is 4.89. The van der Waals surface area contributed by atoms with Crippen LogP contribution in [0.25, 0.3) is 0 Å². The molecule has 6 nitrogen and oxygen atoms in total. The highest BCUT2D eigenvalue weighted by atomic mass is 16.5. The Morgan fingerprint density at radius 1 is 0.703 bits per heavy atom. The number of nitrogens with one attached hydrogen (secondary N) is 2. The summed E-state index contributed by atoms with van der Waals surface area (Å²) in [5, 5.41) is 5.57. The molecule has 204 valence electrons. The van der Waals surface area contributed by atoms with E-state index in [0.717, 1.165) is 50.7 Å². The number of hydrogen-bond donors (Lipinski definition) is 2. The first-order valence-electron chi connectivity index (χ1n) is 13.1. The lowest BCUT2D eigenvalue weighted by Crippen LogP contribution is -2.51. The molecule has 37 heavy (non-hydrogen) atoms. The third kappa shape index (κ3) is 24.1. The average Bonchev–Trinajstić information content (AvgIpc) is 2.87. The van der Waals surface area contributed by atoms with Gasteiger partial charge >= 0.3 is 5.97 Å². The second-order valence-electron chi connectivity index (χ2n) is 8.96. The van der Waals surface area contributed by atoms with Crippen molar-refractivity contribution in [3.8, 4) is 0 Å². The third-order valence-electron chi connectivity index (χ3n) is 4.89. The first-order chi connectivity index (χ1) is 17.8. The summed E-state index contributed by atoms with van der Waals surface area (Å²) in [4.78, 5) is 34.9. The fraction of sp³-hybridized carbons (Fsp3) is 0.452. The largest absolute Gasteiger partial charge is 0.466 e. The fourth-order valence-corrected chi connectivity index (χ4v) is 2.92. The van der Waals surface area contributed by atoms with Gasteiger partial charge in [0.05, 0.1) is 12.6 Å². The monoisotopic (exact) mass is 510 g/mol. The standard InChI is InChI=1S/C31H46N2O4/c1-5-6-7-8-9-10-11-12-13-14-15-16-17-18-19-20-21-22-23-24-29(35)33-31(2,3)27-32-28(34)25-26-30(36)37-4/h6-7,9-10,12-13,15-16,18-19,21-22,25-26H,5,8,11,14,17,20,23-24,27H2,1-4H3,(H,32,34)(H,33,35)/b7-6-,10-9-,13-12-,16-15-,19-18-,22-21-,26-25+. The predicted molar refractivity (Wildman–Crippen MR) is 154 cm³/mol. The lowest BCUT2D eigenvalue weighted by molar-refractivity contribution is -0.135. The van der Waals surface area contributed by atoms with Gasteiger partial charge in [-0.2, -0.15) is 0 Å². The van der Waals surface area contributed by atoms with Crippen LogP contribution in [-0.4, -0.2) is 37.0 Å². The molecule has 0 aliphatic carbocycles. The Morgan fingerprint density at radius 3 is 1.62 bits per heavy atom. The maximum absolute atomic E-state index is 12.2. The molecular weight excluding hydrogens is 464 g/mol. The first-order valence-corrected chi connectivity index (χ1v) is 13.1. The van der Waals surface area contributed by atoms with Crippen LogP contribution in [0.5, 0.6) is 0 Å². The summed E-state index contributed by atoms with van der Waals surface area (Å²) in [5.41, 5.74) is -0.607. The zero-order valence-corrected chi connectivity index (χ0v) is 23.1. The summed E-state index contributed by atoms with van der Waals surface area (Å²) in [7, 11) is 1.24. The summed E-state index contributed by atoms with van der Waals surface area (Å²) >= 11 is 0. The predicted octanol–water partition coefficient (Wildman–Crippen LogP) is 6.20. The number of hydrogen-bond acceptors (Lipinski definition) is 4. The van der Waals surface area contributed by atoms with E-state index in [1.54, 1.807) is 0 Å². The van der Waals surface area contributed by atoms with E-state index in [0.29, 0.717) is 12.8 Å². The van der Waals surface area contributed by atoms with E-state index < -0.39 is 17.4 Å². The second-order valence-corrected chi connectivity index (χ2v) is 8.96. The Morgan fingerprint density at radius 2 is 1.16 bits per heavy atom. The first kappa shape index (κ1) is 33.6. The molecule has 0 aromatic heterocycles. The van der Waals surface area contributed by atoms with Crippen molar-refractivity contribution in [3.63, 3.8) is 0 Å². The Balaban J connectivity index is 3.91. The molecule has 0 aliphatic rings. The van der Waals surface area contributed by atoms with Crippen molar-refractivity contribution in [2.75, 3.05) is 13.7 Å². The lowest BCUT2D eigenvalue weighted by Gasteiger charge is -2.26. The van der Waals surface area contributed by atoms with Crippen LogP contribution in [0, 0.1) is 0 Å². The molecule has 0 bridgehead atoms. The van der Waals surface area contributed by atoms with Crippen LogP contribution in [0.1, 0.15) is 72.1 Å². The maximum Gasteiger partial charge on any atom is 0.330 e. The van der Waals surface area contributed by atoms with Gasteiger partial charge in [-0.25, -0.2) is 4.79 Å². The highest BCUT2D eigenvalue weighted by Crippen LogP contribution is 2.03. The van der Waals surface area contributed by atoms with E-state index in [2.05, 4.69) is 89.1 Å². The van der Waals surface area contributed by atoms with Gasteiger partial charge in [0.15, 0.2) is 0 Å². The van der Waals surface area contributed by atoms with Crippen molar-refractivity contribution in [1.29, 1.82) is 0 Å². The van der Waals surface area contributed by atoms with Gasteiger partial charge in [0.1, 0.15) is 0 Å². The van der Waals surface area contributed by atoms with Crippen LogP contribution in [0.2, 0.25) is 0 Å². The Kier molecular flexibility index (Phi) is 20.9. The van der Waals surface area contributed by atoms with E-state index in [1.165, 1.54) is 7.11 Å². The molecule has 0 unspecified atom stereocenters. The van der Waals surface area contributed by atoms with Gasteiger partial charge in [0, 0.05) is 25.1 Å². The van der Waals surface area contributed by atoms with Gasteiger partial charge in [-0.3, -0.25) is 9.59 Å². The highest BCUT2D eigenvalue weighted by molar-refractivity contribution is 5.94. The summed E-state index contributed by atoms with van der Waals surface area (Å²) in [6, 6.07) is 0. The second kappa shape index (κ2) is 23.0. The summed E-state index contributed by atoms with van der Waals surface area (Å²) in [5.74, 6) is -1.10. The molecule has 0 fully saturated rings. The lowest BCUT2D eigenvalue weighted by atomic mass is 10.1. The number of esters is 1. The van der Waals surface area contributed by atoms with Crippen molar-refractivity contribution in [3.05, 3.63) is 85.1 Å². The molecule has 0 saturated carbocycles. The molecule has 0 saturated heterocycles. The molecule has 0 atom stereocenters. The number of carbonyl (C=O) groups is 3. The Bertz CT molecular complexity index is 858. The van der Waals surface area contributed by atoms with E-state index in [1.807, 2.05) is 19.9 Å². The maximum atomic E-state index is 12.2. The number of rotatable bonds is 19. The van der Waals surface area contributed by atoms with Crippen LogP contribution < -0.4 is 10.6 Å². The Labute approximate surface area is 224 Å². The normalized spacial score (nSPS) is 12.9. The quantitative estimate of drug-likeness (QED) is 0.123. The molecular formula is C31H46N2O4. The van der Waals surface area contributed by atoms with E-state index in [9.17, 15) is 14.4 Å². The van der Waals surface area contributed by atoms with Gasteiger partial charge < -0.3 is 15.4 Å². The van der Waals surface area contributed by atoms with Gasteiger partial charge in [-0.15, -0.1) is 0 Å². The number of allylic oxidation sites excluding steroid dienone is 12. The smallest absolute Gasteiger partial charge is 0.330 e. The number of ether oxygens (including phenoxy) is 1. The minimum Gasteiger partial charge on any atom is -0.466 e. The number of methoxy groups -OCH3 is 1. The SMILES string of the molecule is CC/C=C\C/C=C\C/C=C\C/C=C\C/C=C\C/C=C\CCC(=O)NC(C)(C)CNC(=O)/C=C/C(=O)OC. The number of carbonyl (C=O) groups excluding carboxylic acids is 3. The summed E-state index contributed by atoms with van der Waals surface area (Å²) < 4.78 is 4.43. The van der Waals surface area contributed by atoms with Crippen molar-refractivity contribution >= 4 is 17.8 Å². The van der Waals surface area contributed by atoms with E-state index in [-0.39, 0.29) is 12.5 Å². The zero-order chi connectivity index (χ0) is 27.6.